The van der Waals surface area contributed by atoms with Crippen LogP contribution in [0.25, 0.3) is 0 Å². The summed E-state index contributed by atoms with van der Waals surface area (Å²) < 4.78 is 28.3. The van der Waals surface area contributed by atoms with Gasteiger partial charge < -0.3 is 18.9 Å². The van der Waals surface area contributed by atoms with Crippen molar-refractivity contribution in [2.45, 2.75) is 71.2 Å². The van der Waals surface area contributed by atoms with Gasteiger partial charge in [0.2, 0.25) is 0 Å². The van der Waals surface area contributed by atoms with Gasteiger partial charge in [0.15, 0.2) is 0 Å². The van der Waals surface area contributed by atoms with Crippen LogP contribution in [0.5, 0.6) is 5.75 Å². The third-order valence-electron chi connectivity index (χ3n) is 5.67. The van der Waals surface area contributed by atoms with E-state index in [2.05, 4.69) is 6.07 Å². The van der Waals surface area contributed by atoms with Crippen LogP contribution in [0.15, 0.2) is 22.6 Å². The van der Waals surface area contributed by atoms with Crippen LogP contribution in [0.3, 0.4) is 0 Å². The smallest absolute Gasteiger partial charge is 0.410 e. The number of ether oxygens (including phenoxy) is 2. The Labute approximate surface area is 183 Å². The fraction of sp³-hybridized carbons (Fsp3) is 0.652. The van der Waals surface area contributed by atoms with Crippen molar-refractivity contribution >= 4 is 23.2 Å². The zero-order valence-electron chi connectivity index (χ0n) is 19.2. The van der Waals surface area contributed by atoms with Gasteiger partial charge in [-0.3, -0.25) is 0 Å². The third kappa shape index (κ3) is 4.78. The lowest BCUT2D eigenvalue weighted by molar-refractivity contribution is 0.0159. The van der Waals surface area contributed by atoms with Gasteiger partial charge in [0.25, 0.3) is 0 Å². The molecule has 1 aliphatic heterocycles. The number of hydrogen-bond acceptors (Lipinski definition) is 5. The molecule has 1 amide bonds. The molecule has 0 bridgehead atoms. The molecule has 0 saturated carbocycles. The molecule has 7 heteroatoms. The molecule has 30 heavy (non-hydrogen) atoms. The molecule has 1 fully saturated rings. The number of rotatable bonds is 2. The molecule has 0 radical (unpaired) electrons. The Morgan fingerprint density at radius 2 is 1.80 bits per heavy atom. The van der Waals surface area contributed by atoms with Crippen molar-refractivity contribution in [1.29, 1.82) is 0 Å². The second kappa shape index (κ2) is 8.08. The number of amides is 1. The van der Waals surface area contributed by atoms with E-state index >= 15 is 0 Å². The van der Waals surface area contributed by atoms with E-state index in [0.717, 1.165) is 36.3 Å². The molecule has 0 aromatic heterocycles. The van der Waals surface area contributed by atoms with Crippen LogP contribution in [0, 0.1) is 5.41 Å². The molecule has 1 aliphatic carbocycles. The second-order valence-electron chi connectivity index (χ2n) is 10.2. The first-order valence-corrected chi connectivity index (χ1v) is 11.6. The average Bonchev–Trinajstić information content (AvgIpc) is 2.92. The van der Waals surface area contributed by atoms with Crippen molar-refractivity contribution in [3.8, 4) is 5.75 Å². The molecule has 1 unspecified atom stereocenters. The first-order chi connectivity index (χ1) is 13.8. The van der Waals surface area contributed by atoms with Crippen LogP contribution in [0.4, 0.5) is 4.79 Å². The largest absolute Gasteiger partial charge is 0.591 e. The van der Waals surface area contributed by atoms with E-state index in [4.69, 9.17) is 13.9 Å². The van der Waals surface area contributed by atoms with Crippen LogP contribution < -0.4 is 4.74 Å². The highest BCUT2D eigenvalue weighted by molar-refractivity contribution is 7.91. The number of hydrogen-bond donors (Lipinski definition) is 0. The minimum atomic E-state index is -1.36. The molecule has 166 valence electrons. The highest BCUT2D eigenvalue weighted by Gasteiger charge is 2.48. The first kappa shape index (κ1) is 22.9. The summed E-state index contributed by atoms with van der Waals surface area (Å²) in [6.45, 7) is 12.6. The number of likely N-dealkylation sites (tertiary alicyclic amines) is 1. The van der Waals surface area contributed by atoms with Gasteiger partial charge in [-0.05, 0) is 78.5 Å². The average molecular weight is 435 g/mol. The Morgan fingerprint density at radius 3 is 2.33 bits per heavy atom. The topological polar surface area (TPSA) is 74.2 Å². The lowest BCUT2D eigenvalue weighted by Crippen LogP contribution is -2.47. The Morgan fingerprint density at radius 1 is 1.17 bits per heavy atom. The molecule has 1 aromatic carbocycles. The van der Waals surface area contributed by atoms with Crippen LogP contribution in [0.1, 0.15) is 65.5 Å². The third-order valence-corrected chi connectivity index (χ3v) is 7.07. The molecular formula is C23H34N2O4S. The summed E-state index contributed by atoms with van der Waals surface area (Å²) in [6.07, 6.45) is 2.10. The van der Waals surface area contributed by atoms with Gasteiger partial charge in [-0.25, -0.2) is 4.79 Å². The van der Waals surface area contributed by atoms with Crippen molar-refractivity contribution in [2.75, 3.05) is 20.2 Å². The quantitative estimate of drug-likeness (QED) is 0.642. The maximum atomic E-state index is 12.9. The van der Waals surface area contributed by atoms with Gasteiger partial charge in [-0.1, -0.05) is 10.5 Å². The van der Waals surface area contributed by atoms with Crippen molar-refractivity contribution in [3.05, 3.63) is 29.3 Å². The van der Waals surface area contributed by atoms with Gasteiger partial charge in [0.1, 0.15) is 33.2 Å². The number of piperidine rings is 1. The summed E-state index contributed by atoms with van der Waals surface area (Å²) in [7, 11) is 1.65. The zero-order chi connectivity index (χ0) is 22.3. The summed E-state index contributed by atoms with van der Waals surface area (Å²) in [6, 6.07) is 6.05. The van der Waals surface area contributed by atoms with E-state index in [1.54, 1.807) is 12.0 Å². The van der Waals surface area contributed by atoms with Crippen LogP contribution in [-0.4, -0.2) is 51.8 Å². The molecule has 1 spiro atoms. The number of nitrogens with zero attached hydrogens (tertiary/aromatic N) is 2. The summed E-state index contributed by atoms with van der Waals surface area (Å²) in [5.41, 5.74) is 2.40. The van der Waals surface area contributed by atoms with E-state index in [0.29, 0.717) is 13.1 Å². The van der Waals surface area contributed by atoms with E-state index < -0.39 is 21.7 Å². The van der Waals surface area contributed by atoms with Gasteiger partial charge >= 0.3 is 6.09 Å². The predicted molar refractivity (Wildman–Crippen MR) is 121 cm³/mol. The van der Waals surface area contributed by atoms with Gasteiger partial charge in [-0.15, -0.1) is 0 Å². The van der Waals surface area contributed by atoms with E-state index in [9.17, 15) is 9.35 Å². The van der Waals surface area contributed by atoms with Gasteiger partial charge in [0, 0.05) is 24.1 Å². The lowest BCUT2D eigenvalue weighted by Gasteiger charge is -2.39. The van der Waals surface area contributed by atoms with Gasteiger partial charge in [-0.2, -0.15) is 0 Å². The Balaban J connectivity index is 1.90. The van der Waals surface area contributed by atoms with Crippen molar-refractivity contribution in [1.82, 2.24) is 4.90 Å². The van der Waals surface area contributed by atoms with Crippen LogP contribution >= 0.6 is 0 Å². The van der Waals surface area contributed by atoms with Crippen LogP contribution in [0.2, 0.25) is 0 Å². The number of benzene rings is 1. The predicted octanol–water partition coefficient (Wildman–Crippen LogP) is 4.52. The van der Waals surface area contributed by atoms with Crippen molar-refractivity contribution in [3.63, 3.8) is 0 Å². The second-order valence-corrected chi connectivity index (χ2v) is 12.2. The Bertz CT molecular complexity index is 831. The molecule has 1 aromatic rings. The Hall–Kier alpha value is -1.73. The summed E-state index contributed by atoms with van der Waals surface area (Å²) in [5, 5.41) is 0. The molecule has 6 nitrogen and oxygen atoms in total. The minimum Gasteiger partial charge on any atom is -0.591 e. The summed E-state index contributed by atoms with van der Waals surface area (Å²) >= 11 is -1.36. The number of methoxy groups -OCH3 is 1. The van der Waals surface area contributed by atoms with E-state index in [1.165, 1.54) is 5.56 Å². The monoisotopic (exact) mass is 434 g/mol. The number of fused-ring (bicyclic) bond motifs is 1. The molecule has 1 atom stereocenters. The maximum Gasteiger partial charge on any atom is 0.410 e. The van der Waals surface area contributed by atoms with Gasteiger partial charge in [0.05, 0.1) is 7.11 Å². The molecule has 1 heterocycles. The Kier molecular flexibility index (Phi) is 6.18. The lowest BCUT2D eigenvalue weighted by atomic mass is 9.74. The SMILES string of the molecule is COc1ccc2c(c1)C(=N[S+]([O-])C(C)(C)C)C1(CCN(C(=O)OC(C)(C)C)CC1)C2. The molecular weight excluding hydrogens is 400 g/mol. The normalized spacial score (nSPS) is 20.9. The molecule has 3 rings (SSSR count). The molecule has 2 aliphatic rings. The molecule has 1 saturated heterocycles. The van der Waals surface area contributed by atoms with E-state index in [1.807, 2.05) is 53.7 Å². The van der Waals surface area contributed by atoms with Crippen molar-refractivity contribution in [2.24, 2.45) is 9.81 Å². The number of carbonyl (C=O) groups excluding carboxylic acids is 1. The standard InChI is InChI=1S/C23H34N2O4S/c1-21(2,3)29-20(26)25-12-10-23(11-13-25)15-16-8-9-17(28-7)14-18(16)19(23)24-30(27)22(4,5)6/h8-9,14H,10-13,15H2,1-7H3. The van der Waals surface area contributed by atoms with Crippen LogP contribution in [-0.2, 0) is 22.5 Å². The summed E-state index contributed by atoms with van der Waals surface area (Å²) in [4.78, 5) is 14.3. The first-order valence-electron chi connectivity index (χ1n) is 10.5. The fourth-order valence-corrected chi connectivity index (χ4v) is 4.75. The number of carbonyl (C=O) groups is 1. The molecule has 0 N–H and O–H groups in total. The fourth-order valence-electron chi connectivity index (χ4n) is 4.01. The highest BCUT2D eigenvalue weighted by atomic mass is 32.2. The van der Waals surface area contributed by atoms with E-state index in [-0.39, 0.29) is 11.5 Å². The minimum absolute atomic E-state index is 0.214. The zero-order valence-corrected chi connectivity index (χ0v) is 20.0. The maximum absolute atomic E-state index is 12.9. The van der Waals surface area contributed by atoms with Crippen molar-refractivity contribution < 1.29 is 18.8 Å². The summed E-state index contributed by atoms with van der Waals surface area (Å²) in [5.74, 6) is 0.770. The highest BCUT2D eigenvalue weighted by Crippen LogP contribution is 2.46.